The molecule has 0 aromatic carbocycles. The molecule has 0 rings (SSSR count). The molecule has 0 aliphatic heterocycles. The molecule has 0 aliphatic rings. The average molecular weight is 969 g/mol. The number of carbonyl (C=O) groups is 1. The molecule has 0 saturated heterocycles. The third-order valence-electron chi connectivity index (χ3n) is 14.9. The molecule has 1 amide bonds. The van der Waals surface area contributed by atoms with Gasteiger partial charge in [0.15, 0.2) is 0 Å². The summed E-state index contributed by atoms with van der Waals surface area (Å²) in [5.74, 6) is -0.0709. The lowest BCUT2D eigenvalue weighted by atomic mass is 10.0. The molecule has 0 heterocycles. The third kappa shape index (κ3) is 57.4. The molecule has 2 unspecified atom stereocenters. The maximum absolute atomic E-state index is 12.5. The van der Waals surface area contributed by atoms with E-state index in [1.54, 1.807) is 6.08 Å². The molecular weight excluding hydrogens is 843 g/mol. The Morgan fingerprint density at radius 1 is 0.333 bits per heavy atom. The number of nitrogens with one attached hydrogen (secondary N) is 1. The fourth-order valence-corrected chi connectivity index (χ4v) is 10.0. The fraction of sp³-hybridized carbons (Fsp3) is 0.892. The number of aliphatic hydroxyl groups excluding tert-OH is 2. The highest BCUT2D eigenvalue weighted by atomic mass is 16.3. The van der Waals surface area contributed by atoms with Crippen LogP contribution in [0.3, 0.4) is 0 Å². The maximum Gasteiger partial charge on any atom is 0.220 e. The molecule has 0 bridgehead atoms. The molecule has 408 valence electrons. The first-order chi connectivity index (χ1) is 34.2. The second kappa shape index (κ2) is 60.9. The summed E-state index contributed by atoms with van der Waals surface area (Å²) >= 11 is 0. The summed E-state index contributed by atoms with van der Waals surface area (Å²) in [5, 5.41) is 23.2. The molecule has 0 radical (unpaired) electrons. The minimum atomic E-state index is -0.869. The van der Waals surface area contributed by atoms with Crippen molar-refractivity contribution in [1.29, 1.82) is 0 Å². The molecule has 0 aliphatic carbocycles. The molecule has 0 aromatic rings. The predicted octanol–water partition coefficient (Wildman–Crippen LogP) is 21.2. The minimum absolute atomic E-state index is 0.0709. The van der Waals surface area contributed by atoms with Gasteiger partial charge in [0.2, 0.25) is 5.91 Å². The van der Waals surface area contributed by atoms with Gasteiger partial charge in [-0.25, -0.2) is 0 Å². The highest BCUT2D eigenvalue weighted by molar-refractivity contribution is 5.76. The van der Waals surface area contributed by atoms with Gasteiger partial charge in [0.05, 0.1) is 18.8 Å². The van der Waals surface area contributed by atoms with Crippen LogP contribution in [0.5, 0.6) is 0 Å². The Morgan fingerprint density at radius 3 is 0.841 bits per heavy atom. The van der Waals surface area contributed by atoms with Crippen molar-refractivity contribution in [3.8, 4) is 0 Å². The SMILES string of the molecule is CCCCCCCCCCCCC/C=C/CC/C=C/CC/C=C/C(O)C(CO)NC(=O)CCCCCCCCCCCCCCCCCCCCCCCCCCCCCCCCCCCCCC. The van der Waals surface area contributed by atoms with Crippen molar-refractivity contribution in [3.05, 3.63) is 36.5 Å². The van der Waals surface area contributed by atoms with Crippen LogP contribution >= 0.6 is 0 Å². The molecule has 4 heteroatoms. The van der Waals surface area contributed by atoms with Crippen molar-refractivity contribution in [1.82, 2.24) is 5.32 Å². The van der Waals surface area contributed by atoms with E-state index in [0.29, 0.717) is 6.42 Å². The van der Waals surface area contributed by atoms with Gasteiger partial charge >= 0.3 is 0 Å². The second-order valence-electron chi connectivity index (χ2n) is 21.8. The van der Waals surface area contributed by atoms with E-state index >= 15 is 0 Å². The number of hydrogen-bond donors (Lipinski definition) is 3. The number of amides is 1. The molecule has 0 spiro atoms. The van der Waals surface area contributed by atoms with Crippen LogP contribution < -0.4 is 5.32 Å². The molecule has 0 saturated carbocycles. The van der Waals surface area contributed by atoms with Crippen LogP contribution in [0.2, 0.25) is 0 Å². The second-order valence-corrected chi connectivity index (χ2v) is 21.8. The van der Waals surface area contributed by atoms with E-state index in [2.05, 4.69) is 43.5 Å². The van der Waals surface area contributed by atoms with Crippen LogP contribution in [0.15, 0.2) is 36.5 Å². The lowest BCUT2D eigenvalue weighted by Gasteiger charge is -2.19. The van der Waals surface area contributed by atoms with Crippen molar-refractivity contribution in [2.75, 3.05) is 6.61 Å². The van der Waals surface area contributed by atoms with Crippen LogP contribution in [0, 0.1) is 0 Å². The average Bonchev–Trinajstić information content (AvgIpc) is 3.35. The monoisotopic (exact) mass is 968 g/mol. The van der Waals surface area contributed by atoms with Gasteiger partial charge in [-0.05, 0) is 44.9 Å². The van der Waals surface area contributed by atoms with Crippen molar-refractivity contribution in [2.24, 2.45) is 0 Å². The molecule has 3 N–H and O–H groups in total. The fourth-order valence-electron chi connectivity index (χ4n) is 10.0. The summed E-state index contributed by atoms with van der Waals surface area (Å²) in [6.07, 6.45) is 83.6. The lowest BCUT2D eigenvalue weighted by Crippen LogP contribution is -2.45. The largest absolute Gasteiger partial charge is 0.394 e. The Morgan fingerprint density at radius 2 is 0.565 bits per heavy atom. The van der Waals surface area contributed by atoms with E-state index in [0.717, 1.165) is 38.5 Å². The van der Waals surface area contributed by atoms with E-state index in [-0.39, 0.29) is 12.5 Å². The summed E-state index contributed by atoms with van der Waals surface area (Å²) < 4.78 is 0. The molecule has 4 nitrogen and oxygen atoms in total. The highest BCUT2D eigenvalue weighted by Gasteiger charge is 2.18. The number of unbranched alkanes of at least 4 members (excludes halogenated alkanes) is 48. The van der Waals surface area contributed by atoms with E-state index in [9.17, 15) is 15.0 Å². The van der Waals surface area contributed by atoms with Gasteiger partial charge in [-0.15, -0.1) is 0 Å². The first kappa shape index (κ1) is 67.6. The van der Waals surface area contributed by atoms with E-state index in [1.165, 1.54) is 295 Å². The Labute approximate surface area is 433 Å². The van der Waals surface area contributed by atoms with E-state index in [1.807, 2.05) is 6.08 Å². The van der Waals surface area contributed by atoms with Crippen LogP contribution in [0.25, 0.3) is 0 Å². The van der Waals surface area contributed by atoms with Crippen molar-refractivity contribution >= 4 is 5.91 Å². The third-order valence-corrected chi connectivity index (χ3v) is 14.9. The smallest absolute Gasteiger partial charge is 0.220 e. The first-order valence-corrected chi connectivity index (χ1v) is 31.7. The summed E-state index contributed by atoms with van der Waals surface area (Å²) in [6.45, 7) is 4.33. The van der Waals surface area contributed by atoms with Gasteiger partial charge in [0.25, 0.3) is 0 Å². The van der Waals surface area contributed by atoms with Gasteiger partial charge in [-0.1, -0.05) is 339 Å². The quantitative estimate of drug-likeness (QED) is 0.0420. The van der Waals surface area contributed by atoms with Gasteiger partial charge in [-0.2, -0.15) is 0 Å². The van der Waals surface area contributed by atoms with Crippen LogP contribution in [0.4, 0.5) is 0 Å². The van der Waals surface area contributed by atoms with Gasteiger partial charge in [0, 0.05) is 6.42 Å². The Balaban J connectivity index is 3.43. The summed E-state index contributed by atoms with van der Waals surface area (Å²) in [6, 6.07) is -0.644. The lowest BCUT2D eigenvalue weighted by molar-refractivity contribution is -0.123. The number of hydrogen-bond acceptors (Lipinski definition) is 3. The summed E-state index contributed by atoms with van der Waals surface area (Å²) in [7, 11) is 0. The van der Waals surface area contributed by atoms with Gasteiger partial charge in [0.1, 0.15) is 0 Å². The highest BCUT2D eigenvalue weighted by Crippen LogP contribution is 2.18. The molecular formula is C65H125NO3. The standard InChI is InChI=1S/C65H125NO3/c1-3-5-7-9-11-13-15-17-19-21-23-25-26-27-28-29-30-31-32-33-34-35-36-37-38-39-41-43-45-47-49-51-53-55-57-59-61-65(69)66-63(62-67)64(68)60-58-56-54-52-50-48-46-44-42-40-24-22-20-18-16-14-12-10-8-6-4-2/h42,44,50,52,58,60,63-64,67-68H,3-41,43,45-49,51,53-57,59,61-62H2,1-2H3,(H,66,69)/b44-42+,52-50+,60-58+. The number of aliphatic hydroxyl groups is 2. The van der Waals surface area contributed by atoms with Crippen LogP contribution in [0.1, 0.15) is 354 Å². The minimum Gasteiger partial charge on any atom is -0.394 e. The first-order valence-electron chi connectivity index (χ1n) is 31.7. The molecule has 0 fully saturated rings. The Hall–Kier alpha value is -1.39. The topological polar surface area (TPSA) is 69.6 Å². The zero-order chi connectivity index (χ0) is 49.9. The van der Waals surface area contributed by atoms with Crippen molar-refractivity contribution in [2.45, 2.75) is 366 Å². The zero-order valence-corrected chi connectivity index (χ0v) is 47.1. The van der Waals surface area contributed by atoms with Crippen LogP contribution in [-0.4, -0.2) is 34.9 Å². The normalized spacial score (nSPS) is 12.9. The summed E-state index contributed by atoms with van der Waals surface area (Å²) in [5.41, 5.74) is 0. The Kier molecular flexibility index (Phi) is 59.7. The van der Waals surface area contributed by atoms with Crippen molar-refractivity contribution in [3.63, 3.8) is 0 Å². The van der Waals surface area contributed by atoms with Crippen LogP contribution in [-0.2, 0) is 4.79 Å². The molecule has 69 heavy (non-hydrogen) atoms. The van der Waals surface area contributed by atoms with E-state index in [4.69, 9.17) is 0 Å². The Bertz CT molecular complexity index is 1050. The number of carbonyl (C=O) groups excluding carboxylic acids is 1. The zero-order valence-electron chi connectivity index (χ0n) is 47.1. The van der Waals surface area contributed by atoms with Gasteiger partial charge < -0.3 is 15.5 Å². The maximum atomic E-state index is 12.5. The predicted molar refractivity (Wildman–Crippen MR) is 308 cm³/mol. The molecule has 0 aromatic heterocycles. The number of allylic oxidation sites excluding steroid dienone is 5. The van der Waals surface area contributed by atoms with Gasteiger partial charge in [-0.3, -0.25) is 4.79 Å². The van der Waals surface area contributed by atoms with Crippen molar-refractivity contribution < 1.29 is 15.0 Å². The summed E-state index contributed by atoms with van der Waals surface area (Å²) in [4.78, 5) is 12.5. The molecule has 2 atom stereocenters. The number of rotatable bonds is 59. The van der Waals surface area contributed by atoms with E-state index < -0.39 is 12.1 Å².